The number of benzene rings is 2. The third-order valence-corrected chi connectivity index (χ3v) is 6.45. The Morgan fingerprint density at radius 3 is 2.62 bits per heavy atom. The van der Waals surface area contributed by atoms with Crippen molar-refractivity contribution in [1.82, 2.24) is 19.9 Å². The van der Waals surface area contributed by atoms with Gasteiger partial charge in [-0.25, -0.2) is 23.1 Å². The molecule has 2 aromatic carbocycles. The van der Waals surface area contributed by atoms with E-state index in [1.165, 1.54) is 24.5 Å². The fourth-order valence-electron chi connectivity index (χ4n) is 4.50. The molecule has 2 amide bonds. The molecule has 40 heavy (non-hydrogen) atoms. The van der Waals surface area contributed by atoms with Crippen molar-refractivity contribution in [3.05, 3.63) is 71.7 Å². The van der Waals surface area contributed by atoms with Gasteiger partial charge in [0.2, 0.25) is 0 Å². The molecule has 0 bridgehead atoms. The van der Waals surface area contributed by atoms with E-state index < -0.39 is 35.1 Å². The van der Waals surface area contributed by atoms with Crippen LogP contribution in [0, 0.1) is 11.6 Å². The summed E-state index contributed by atoms with van der Waals surface area (Å²) >= 11 is 0. The van der Waals surface area contributed by atoms with Gasteiger partial charge < -0.3 is 26.4 Å². The molecule has 9 nitrogen and oxygen atoms in total. The van der Waals surface area contributed by atoms with E-state index >= 15 is 4.39 Å². The second-order valence-electron chi connectivity index (χ2n) is 9.16. The molecule has 210 valence electrons. The van der Waals surface area contributed by atoms with Crippen LogP contribution in [0.5, 0.6) is 0 Å². The predicted octanol–water partition coefficient (Wildman–Crippen LogP) is 4.84. The van der Waals surface area contributed by atoms with Crippen molar-refractivity contribution < 1.29 is 31.5 Å². The van der Waals surface area contributed by atoms with Crippen LogP contribution in [0.2, 0.25) is 0 Å². The summed E-state index contributed by atoms with van der Waals surface area (Å²) in [5, 5.41) is 11.8. The van der Waals surface area contributed by atoms with Crippen molar-refractivity contribution in [3.63, 3.8) is 0 Å². The molecule has 0 radical (unpaired) electrons. The van der Waals surface area contributed by atoms with Crippen molar-refractivity contribution in [3.8, 4) is 11.1 Å². The van der Waals surface area contributed by atoms with Gasteiger partial charge in [-0.1, -0.05) is 6.07 Å². The van der Waals surface area contributed by atoms with Gasteiger partial charge in [0.25, 0.3) is 0 Å². The summed E-state index contributed by atoms with van der Waals surface area (Å²) in [6.07, 6.45) is -2.03. The van der Waals surface area contributed by atoms with Crippen molar-refractivity contribution in [1.29, 1.82) is 0 Å². The maximum absolute atomic E-state index is 15.1. The lowest BCUT2D eigenvalue weighted by Crippen LogP contribution is -2.38. The number of aryl methyl sites for hydroxylation is 1. The number of rotatable bonds is 6. The third-order valence-electron chi connectivity index (χ3n) is 6.45. The number of aromatic nitrogens is 3. The van der Waals surface area contributed by atoms with E-state index in [1.54, 1.807) is 4.52 Å². The Balaban J connectivity index is 1.36. The van der Waals surface area contributed by atoms with Crippen LogP contribution < -0.4 is 21.7 Å². The van der Waals surface area contributed by atoms with Gasteiger partial charge in [-0.15, -0.1) is 0 Å². The lowest BCUT2D eigenvalue weighted by molar-refractivity contribution is -0.137. The Labute approximate surface area is 224 Å². The first-order chi connectivity index (χ1) is 19.1. The summed E-state index contributed by atoms with van der Waals surface area (Å²) in [5.74, 6) is -1.73. The van der Waals surface area contributed by atoms with Gasteiger partial charge in [0, 0.05) is 24.3 Å². The lowest BCUT2D eigenvalue weighted by Gasteiger charge is -2.23. The number of nitrogen functional groups attached to an aromatic ring is 1. The quantitative estimate of drug-likeness (QED) is 0.250. The minimum atomic E-state index is -4.74. The Bertz CT molecular complexity index is 1550. The molecule has 1 aliphatic heterocycles. The Kier molecular flexibility index (Phi) is 7.54. The maximum atomic E-state index is 15.1. The second-order valence-corrected chi connectivity index (χ2v) is 9.16. The molecular formula is C26H24F5N7O2. The standard InChI is InChI=1S/C26H24F5N7O2/c27-19-5-2-15(26(29,30)31)10-22(19)37-25(39)36-21-6-1-14(9-20(21)28)18-11-16(3-4-17-12-33-7-8-40-17)38-23(18)24(32)34-13-35-38/h1-2,5-6,9-11,13,17,33H,3-4,7-8,12H2,(H2,32,34,35)(H2,36,37,39). The number of halogens is 5. The van der Waals surface area contributed by atoms with Gasteiger partial charge in [0.15, 0.2) is 5.82 Å². The zero-order valence-corrected chi connectivity index (χ0v) is 20.9. The van der Waals surface area contributed by atoms with E-state index in [-0.39, 0.29) is 17.6 Å². The highest BCUT2D eigenvalue weighted by Crippen LogP contribution is 2.34. The predicted molar refractivity (Wildman–Crippen MR) is 138 cm³/mol. The van der Waals surface area contributed by atoms with Crippen LogP contribution in [0.4, 0.5) is 43.9 Å². The van der Waals surface area contributed by atoms with Gasteiger partial charge in [-0.3, -0.25) is 0 Å². The van der Waals surface area contributed by atoms with E-state index in [0.717, 1.165) is 25.2 Å². The monoisotopic (exact) mass is 561 g/mol. The summed E-state index contributed by atoms with van der Waals surface area (Å²) in [6.45, 7) is 2.17. The second kappa shape index (κ2) is 11.1. The fourth-order valence-corrected chi connectivity index (χ4v) is 4.50. The number of nitrogens with zero attached hydrogens (tertiary/aromatic N) is 3. The molecule has 5 N–H and O–H groups in total. The zero-order valence-electron chi connectivity index (χ0n) is 20.9. The summed E-state index contributed by atoms with van der Waals surface area (Å²) in [4.78, 5) is 16.4. The minimum absolute atomic E-state index is 0.0419. The first kappa shape index (κ1) is 27.3. The molecule has 5 rings (SSSR count). The fraction of sp³-hybridized carbons (Fsp3) is 0.269. The molecule has 3 heterocycles. The van der Waals surface area contributed by atoms with Crippen molar-refractivity contribution in [2.75, 3.05) is 36.1 Å². The molecule has 1 fully saturated rings. The number of carbonyl (C=O) groups is 1. The van der Waals surface area contributed by atoms with Crippen LogP contribution >= 0.6 is 0 Å². The lowest BCUT2D eigenvalue weighted by atomic mass is 10.0. The third kappa shape index (κ3) is 5.82. The number of anilines is 3. The molecule has 0 saturated carbocycles. The SMILES string of the molecule is Nc1ncnn2c(CCC3CNCCO3)cc(-c3ccc(NC(=O)Nc4cc(C(F)(F)F)ccc4F)c(F)c3)c12. The number of fused-ring (bicyclic) bond motifs is 1. The van der Waals surface area contributed by atoms with Gasteiger partial charge in [0.05, 0.1) is 29.6 Å². The number of morpholine rings is 1. The molecule has 1 aliphatic rings. The molecule has 1 atom stereocenters. The van der Waals surface area contributed by atoms with E-state index in [0.29, 0.717) is 47.9 Å². The summed E-state index contributed by atoms with van der Waals surface area (Å²) < 4.78 is 75.3. The minimum Gasteiger partial charge on any atom is -0.382 e. The first-order valence-electron chi connectivity index (χ1n) is 12.3. The molecule has 0 aliphatic carbocycles. The average Bonchev–Trinajstić information content (AvgIpc) is 3.30. The van der Waals surface area contributed by atoms with Crippen LogP contribution in [0.3, 0.4) is 0 Å². The highest BCUT2D eigenvalue weighted by molar-refractivity contribution is 6.00. The van der Waals surface area contributed by atoms with Crippen molar-refractivity contribution >= 4 is 28.7 Å². The number of hydrogen-bond acceptors (Lipinski definition) is 6. The van der Waals surface area contributed by atoms with Gasteiger partial charge in [-0.2, -0.15) is 18.3 Å². The number of nitrogens with one attached hydrogen (secondary N) is 3. The Hall–Kier alpha value is -4.30. The first-order valence-corrected chi connectivity index (χ1v) is 12.3. The van der Waals surface area contributed by atoms with E-state index in [1.807, 2.05) is 11.4 Å². The molecule has 4 aromatic rings. The number of alkyl halides is 3. The van der Waals surface area contributed by atoms with Crippen LogP contribution in [0.15, 0.2) is 48.8 Å². The highest BCUT2D eigenvalue weighted by atomic mass is 19.4. The average molecular weight is 562 g/mol. The Morgan fingerprint density at radius 2 is 1.90 bits per heavy atom. The number of urea groups is 1. The number of nitrogens with two attached hydrogens (primary N) is 1. The van der Waals surface area contributed by atoms with Crippen molar-refractivity contribution in [2.24, 2.45) is 0 Å². The van der Waals surface area contributed by atoms with Gasteiger partial charge in [0.1, 0.15) is 23.5 Å². The van der Waals surface area contributed by atoms with E-state index in [9.17, 15) is 22.4 Å². The molecule has 2 aromatic heterocycles. The van der Waals surface area contributed by atoms with Crippen LogP contribution in [0.25, 0.3) is 16.6 Å². The number of carbonyl (C=O) groups excluding carboxylic acids is 1. The molecule has 0 spiro atoms. The van der Waals surface area contributed by atoms with Crippen LogP contribution in [0.1, 0.15) is 17.7 Å². The summed E-state index contributed by atoms with van der Waals surface area (Å²) in [5.41, 5.74) is 6.30. The number of hydrogen-bond donors (Lipinski definition) is 4. The largest absolute Gasteiger partial charge is 0.416 e. The normalized spacial score (nSPS) is 15.8. The molecule has 1 unspecified atom stereocenters. The van der Waals surface area contributed by atoms with Gasteiger partial charge >= 0.3 is 12.2 Å². The van der Waals surface area contributed by atoms with Crippen LogP contribution in [-0.4, -0.2) is 46.4 Å². The number of ether oxygens (including phenoxy) is 1. The van der Waals surface area contributed by atoms with Crippen LogP contribution in [-0.2, 0) is 17.3 Å². The number of amides is 2. The van der Waals surface area contributed by atoms with Crippen molar-refractivity contribution in [2.45, 2.75) is 25.1 Å². The maximum Gasteiger partial charge on any atom is 0.416 e. The van der Waals surface area contributed by atoms with E-state index in [4.69, 9.17) is 10.5 Å². The molecule has 1 saturated heterocycles. The Morgan fingerprint density at radius 1 is 1.10 bits per heavy atom. The van der Waals surface area contributed by atoms with Gasteiger partial charge in [-0.05, 0) is 54.8 Å². The molecule has 14 heteroatoms. The zero-order chi connectivity index (χ0) is 28.4. The van der Waals surface area contributed by atoms with E-state index in [2.05, 4.69) is 20.7 Å². The molecular weight excluding hydrogens is 537 g/mol. The summed E-state index contributed by atoms with van der Waals surface area (Å²) in [7, 11) is 0. The topological polar surface area (TPSA) is 119 Å². The smallest absolute Gasteiger partial charge is 0.382 e. The highest BCUT2D eigenvalue weighted by Gasteiger charge is 2.31. The summed E-state index contributed by atoms with van der Waals surface area (Å²) in [6, 6.07) is 6.26.